The van der Waals surface area contributed by atoms with Gasteiger partial charge in [-0.25, -0.2) is 9.97 Å². The molecule has 94 valence electrons. The number of aromatic hydroxyl groups is 1. The Bertz CT molecular complexity index is 499. The van der Waals surface area contributed by atoms with Gasteiger partial charge in [0.05, 0.1) is 0 Å². The maximum absolute atomic E-state index is 9.38. The van der Waals surface area contributed by atoms with Crippen molar-refractivity contribution in [3.8, 4) is 5.75 Å². The molecule has 0 aliphatic carbocycles. The number of nitrogens with one attached hydrogen (secondary N) is 1. The summed E-state index contributed by atoms with van der Waals surface area (Å²) in [6.45, 7) is 1.21. The fraction of sp³-hybridized carbons (Fsp3) is 0.231. The van der Waals surface area contributed by atoms with Crippen molar-refractivity contribution in [2.45, 2.75) is 6.42 Å². The first-order chi connectivity index (χ1) is 8.78. The Morgan fingerprint density at radius 3 is 2.61 bits per heavy atom. The number of benzene rings is 1. The van der Waals surface area contributed by atoms with Crippen molar-refractivity contribution in [3.63, 3.8) is 0 Å². The van der Waals surface area contributed by atoms with E-state index >= 15 is 0 Å². The van der Waals surface area contributed by atoms with E-state index in [0.717, 1.165) is 11.1 Å². The molecule has 1 aromatic carbocycles. The fourth-order valence-electron chi connectivity index (χ4n) is 1.62. The van der Waals surface area contributed by atoms with Gasteiger partial charge in [-0.15, -0.1) is 0 Å². The van der Waals surface area contributed by atoms with Gasteiger partial charge in [-0.2, -0.15) is 0 Å². The molecular formula is C13H16N4O. The standard InChI is InChI=1S/C13H16N4O/c14-4-5-15-13-16-8-11(9-17-13)6-10-2-1-3-12(18)7-10/h1-3,7-9,18H,4-6,14H2,(H,15,16,17). The summed E-state index contributed by atoms with van der Waals surface area (Å²) in [7, 11) is 0. The summed E-state index contributed by atoms with van der Waals surface area (Å²) in [6.07, 6.45) is 4.25. The third-order valence-electron chi connectivity index (χ3n) is 2.45. The van der Waals surface area contributed by atoms with Crippen LogP contribution in [0.4, 0.5) is 5.95 Å². The predicted octanol–water partition coefficient (Wildman–Crippen LogP) is 1.14. The van der Waals surface area contributed by atoms with Gasteiger partial charge in [0.25, 0.3) is 0 Å². The molecule has 1 heterocycles. The summed E-state index contributed by atoms with van der Waals surface area (Å²) in [5.74, 6) is 0.856. The van der Waals surface area contributed by atoms with Crippen molar-refractivity contribution in [2.75, 3.05) is 18.4 Å². The lowest BCUT2D eigenvalue weighted by molar-refractivity contribution is 0.474. The molecule has 1 aromatic heterocycles. The summed E-state index contributed by atoms with van der Waals surface area (Å²) in [4.78, 5) is 8.39. The van der Waals surface area contributed by atoms with Gasteiger partial charge in [-0.1, -0.05) is 12.1 Å². The predicted molar refractivity (Wildman–Crippen MR) is 70.5 cm³/mol. The quantitative estimate of drug-likeness (QED) is 0.734. The Morgan fingerprint density at radius 2 is 1.94 bits per heavy atom. The minimum absolute atomic E-state index is 0.273. The molecule has 2 aromatic rings. The zero-order valence-corrected chi connectivity index (χ0v) is 10.0. The van der Waals surface area contributed by atoms with Crippen LogP contribution in [0.5, 0.6) is 5.75 Å². The van der Waals surface area contributed by atoms with Gasteiger partial charge in [0, 0.05) is 31.9 Å². The zero-order chi connectivity index (χ0) is 12.8. The number of aromatic nitrogens is 2. The largest absolute Gasteiger partial charge is 0.508 e. The molecule has 0 unspecified atom stereocenters. The summed E-state index contributed by atoms with van der Waals surface area (Å²) in [5, 5.41) is 12.4. The monoisotopic (exact) mass is 244 g/mol. The number of hydrogen-bond donors (Lipinski definition) is 3. The van der Waals surface area contributed by atoms with Crippen molar-refractivity contribution >= 4 is 5.95 Å². The normalized spacial score (nSPS) is 10.3. The van der Waals surface area contributed by atoms with Crippen LogP contribution in [-0.2, 0) is 6.42 Å². The van der Waals surface area contributed by atoms with Crippen molar-refractivity contribution in [1.82, 2.24) is 9.97 Å². The second-order valence-electron chi connectivity index (χ2n) is 3.98. The maximum atomic E-state index is 9.38. The Hall–Kier alpha value is -2.14. The van der Waals surface area contributed by atoms with E-state index < -0.39 is 0 Å². The summed E-state index contributed by atoms with van der Waals surface area (Å²) >= 11 is 0. The highest BCUT2D eigenvalue weighted by atomic mass is 16.3. The summed E-state index contributed by atoms with van der Waals surface area (Å²) < 4.78 is 0. The first-order valence-corrected chi connectivity index (χ1v) is 5.80. The van der Waals surface area contributed by atoms with E-state index in [0.29, 0.717) is 25.5 Å². The third kappa shape index (κ3) is 3.43. The van der Waals surface area contributed by atoms with Gasteiger partial charge in [0.2, 0.25) is 5.95 Å². The molecule has 0 amide bonds. The van der Waals surface area contributed by atoms with Crippen LogP contribution in [0.25, 0.3) is 0 Å². The van der Waals surface area contributed by atoms with Gasteiger partial charge in [0.15, 0.2) is 0 Å². The van der Waals surface area contributed by atoms with E-state index in [9.17, 15) is 5.11 Å². The molecule has 18 heavy (non-hydrogen) atoms. The Morgan fingerprint density at radius 1 is 1.17 bits per heavy atom. The van der Waals surface area contributed by atoms with Crippen LogP contribution in [0.3, 0.4) is 0 Å². The molecule has 0 fully saturated rings. The van der Waals surface area contributed by atoms with E-state index in [1.807, 2.05) is 12.1 Å². The van der Waals surface area contributed by atoms with E-state index in [2.05, 4.69) is 15.3 Å². The van der Waals surface area contributed by atoms with Crippen LogP contribution in [0.1, 0.15) is 11.1 Å². The first-order valence-electron chi connectivity index (χ1n) is 5.80. The number of rotatable bonds is 5. The Balaban J connectivity index is 2.02. The van der Waals surface area contributed by atoms with Crippen molar-refractivity contribution < 1.29 is 5.11 Å². The SMILES string of the molecule is NCCNc1ncc(Cc2cccc(O)c2)cn1. The molecular weight excluding hydrogens is 228 g/mol. The third-order valence-corrected chi connectivity index (χ3v) is 2.45. The molecule has 0 aliphatic heterocycles. The fourth-order valence-corrected chi connectivity index (χ4v) is 1.62. The Kier molecular flexibility index (Phi) is 4.09. The number of hydrogen-bond acceptors (Lipinski definition) is 5. The van der Waals surface area contributed by atoms with E-state index in [1.54, 1.807) is 24.5 Å². The van der Waals surface area contributed by atoms with Crippen LogP contribution >= 0.6 is 0 Å². The molecule has 4 N–H and O–H groups in total. The number of nitrogens with two attached hydrogens (primary N) is 1. The summed E-state index contributed by atoms with van der Waals surface area (Å²) in [5.41, 5.74) is 7.41. The average molecular weight is 244 g/mol. The minimum atomic E-state index is 0.273. The lowest BCUT2D eigenvalue weighted by Crippen LogP contribution is -2.14. The van der Waals surface area contributed by atoms with Crippen LogP contribution in [0.2, 0.25) is 0 Å². The molecule has 0 spiro atoms. The average Bonchev–Trinajstić information content (AvgIpc) is 2.38. The van der Waals surface area contributed by atoms with Gasteiger partial charge in [-0.05, 0) is 23.3 Å². The molecule has 0 saturated carbocycles. The molecule has 2 rings (SSSR count). The second kappa shape index (κ2) is 5.97. The van der Waals surface area contributed by atoms with Gasteiger partial charge in [0.1, 0.15) is 5.75 Å². The number of phenols is 1. The Labute approximate surface area is 106 Å². The molecule has 5 heteroatoms. The molecule has 5 nitrogen and oxygen atoms in total. The number of anilines is 1. The molecule has 0 aliphatic rings. The first kappa shape index (κ1) is 12.3. The maximum Gasteiger partial charge on any atom is 0.222 e. The van der Waals surface area contributed by atoms with Crippen molar-refractivity contribution in [1.29, 1.82) is 0 Å². The van der Waals surface area contributed by atoms with Crippen LogP contribution in [0, 0.1) is 0 Å². The highest BCUT2D eigenvalue weighted by molar-refractivity contribution is 5.32. The smallest absolute Gasteiger partial charge is 0.222 e. The number of phenolic OH excluding ortho intramolecular Hbond substituents is 1. The van der Waals surface area contributed by atoms with Gasteiger partial charge >= 0.3 is 0 Å². The topological polar surface area (TPSA) is 84.1 Å². The second-order valence-corrected chi connectivity index (χ2v) is 3.98. The van der Waals surface area contributed by atoms with Crippen LogP contribution < -0.4 is 11.1 Å². The minimum Gasteiger partial charge on any atom is -0.508 e. The van der Waals surface area contributed by atoms with Crippen LogP contribution in [0.15, 0.2) is 36.7 Å². The van der Waals surface area contributed by atoms with E-state index in [4.69, 9.17) is 5.73 Å². The van der Waals surface area contributed by atoms with E-state index in [1.165, 1.54) is 0 Å². The molecule has 0 atom stereocenters. The lowest BCUT2D eigenvalue weighted by atomic mass is 10.1. The molecule has 0 bridgehead atoms. The lowest BCUT2D eigenvalue weighted by Gasteiger charge is -2.04. The van der Waals surface area contributed by atoms with Crippen molar-refractivity contribution in [3.05, 3.63) is 47.8 Å². The molecule has 0 radical (unpaired) electrons. The van der Waals surface area contributed by atoms with Gasteiger partial charge < -0.3 is 16.2 Å². The summed E-state index contributed by atoms with van der Waals surface area (Å²) in [6, 6.07) is 7.17. The van der Waals surface area contributed by atoms with Crippen molar-refractivity contribution in [2.24, 2.45) is 5.73 Å². The van der Waals surface area contributed by atoms with Crippen LogP contribution in [-0.4, -0.2) is 28.2 Å². The number of nitrogens with zero attached hydrogens (tertiary/aromatic N) is 2. The highest BCUT2D eigenvalue weighted by Crippen LogP contribution is 2.14. The zero-order valence-electron chi connectivity index (χ0n) is 10.0. The highest BCUT2D eigenvalue weighted by Gasteiger charge is 2.00. The van der Waals surface area contributed by atoms with Gasteiger partial charge in [-0.3, -0.25) is 0 Å². The van der Waals surface area contributed by atoms with E-state index in [-0.39, 0.29) is 5.75 Å². The molecule has 0 saturated heterocycles.